The second kappa shape index (κ2) is 4.30. The van der Waals surface area contributed by atoms with Crippen LogP contribution in [-0.4, -0.2) is 22.0 Å². The molecular weight excluding hydrogens is 208 g/mol. The monoisotopic (exact) mass is 220 g/mol. The lowest BCUT2D eigenvalue weighted by molar-refractivity contribution is -0.122. The van der Waals surface area contributed by atoms with E-state index in [1.165, 1.54) is 18.5 Å². The van der Waals surface area contributed by atoms with Crippen LogP contribution >= 0.6 is 0 Å². The molecule has 0 spiro atoms. The molecule has 0 radical (unpaired) electrons. The van der Waals surface area contributed by atoms with Gasteiger partial charge < -0.3 is 10.4 Å². The predicted molar refractivity (Wildman–Crippen MR) is 57.2 cm³/mol. The maximum absolute atomic E-state index is 11.6. The van der Waals surface area contributed by atoms with Crippen LogP contribution in [0, 0.1) is 5.92 Å². The highest BCUT2D eigenvalue weighted by Crippen LogP contribution is 2.27. The number of pyridine rings is 1. The van der Waals surface area contributed by atoms with Gasteiger partial charge in [0, 0.05) is 12.1 Å². The van der Waals surface area contributed by atoms with Crippen LogP contribution < -0.4 is 5.32 Å². The van der Waals surface area contributed by atoms with Crippen LogP contribution in [0.25, 0.3) is 0 Å². The molecule has 5 nitrogen and oxygen atoms in total. The number of hydrogen-bond donors (Lipinski definition) is 2. The molecule has 1 saturated carbocycles. The number of nitrogens with one attached hydrogen (secondary N) is 1. The fourth-order valence-corrected chi connectivity index (χ4v) is 1.54. The Kier molecular flexibility index (Phi) is 2.85. The Bertz CT molecular complexity index is 427. The lowest BCUT2D eigenvalue weighted by Crippen LogP contribution is -2.28. The van der Waals surface area contributed by atoms with Crippen LogP contribution in [0.3, 0.4) is 0 Å². The summed E-state index contributed by atoms with van der Waals surface area (Å²) in [6, 6.07) is 1.41. The van der Waals surface area contributed by atoms with Crippen molar-refractivity contribution in [1.29, 1.82) is 0 Å². The number of nitrogens with zero attached hydrogens (tertiary/aromatic N) is 1. The van der Waals surface area contributed by atoms with Crippen LogP contribution in [-0.2, 0) is 4.79 Å². The molecule has 1 amide bonds. The van der Waals surface area contributed by atoms with Crippen molar-refractivity contribution in [1.82, 2.24) is 4.98 Å². The van der Waals surface area contributed by atoms with E-state index in [1.807, 2.05) is 0 Å². The summed E-state index contributed by atoms with van der Waals surface area (Å²) in [5.41, 5.74) is 0.517. The van der Waals surface area contributed by atoms with Crippen molar-refractivity contribution in [3.63, 3.8) is 0 Å². The summed E-state index contributed by atoms with van der Waals surface area (Å²) in [5.74, 6) is -1.02. The first kappa shape index (κ1) is 10.6. The van der Waals surface area contributed by atoms with Crippen molar-refractivity contribution >= 4 is 17.6 Å². The summed E-state index contributed by atoms with van der Waals surface area (Å²) in [6.45, 7) is 0. The molecule has 1 heterocycles. The molecule has 0 aromatic carbocycles. The maximum Gasteiger partial charge on any atom is 0.337 e. The molecule has 0 aliphatic heterocycles. The molecule has 1 aromatic heterocycles. The number of aromatic carboxylic acids is 1. The molecule has 0 saturated heterocycles. The molecule has 1 aliphatic carbocycles. The number of hydrogen-bond acceptors (Lipinski definition) is 3. The third-order valence-electron chi connectivity index (χ3n) is 2.73. The molecular formula is C11H12N2O3. The molecule has 2 N–H and O–H groups in total. The Morgan fingerprint density at radius 1 is 1.38 bits per heavy atom. The average molecular weight is 220 g/mol. The Hall–Kier alpha value is -1.91. The van der Waals surface area contributed by atoms with Crippen molar-refractivity contribution in [3.8, 4) is 0 Å². The van der Waals surface area contributed by atoms with Gasteiger partial charge in [-0.2, -0.15) is 0 Å². The van der Waals surface area contributed by atoms with Crippen molar-refractivity contribution < 1.29 is 14.7 Å². The lowest BCUT2D eigenvalue weighted by atomic mass is 9.85. The second-order valence-electron chi connectivity index (χ2n) is 3.88. The zero-order valence-electron chi connectivity index (χ0n) is 8.64. The third-order valence-corrected chi connectivity index (χ3v) is 2.73. The van der Waals surface area contributed by atoms with E-state index in [-0.39, 0.29) is 17.4 Å². The number of rotatable bonds is 3. The number of aromatic nitrogens is 1. The SMILES string of the molecule is O=C(O)c1cncc(NC(=O)C2CCC2)c1. The minimum absolute atomic E-state index is 0.0458. The number of carbonyl (C=O) groups excluding carboxylic acids is 1. The Morgan fingerprint density at radius 3 is 2.69 bits per heavy atom. The van der Waals surface area contributed by atoms with Crippen LogP contribution in [0.5, 0.6) is 0 Å². The fourth-order valence-electron chi connectivity index (χ4n) is 1.54. The van der Waals surface area contributed by atoms with E-state index in [1.54, 1.807) is 0 Å². The minimum Gasteiger partial charge on any atom is -0.478 e. The van der Waals surface area contributed by atoms with E-state index in [0.29, 0.717) is 5.69 Å². The summed E-state index contributed by atoms with van der Waals surface area (Å²) in [6.07, 6.45) is 5.62. The quantitative estimate of drug-likeness (QED) is 0.809. The average Bonchev–Trinajstić information content (AvgIpc) is 2.15. The summed E-state index contributed by atoms with van der Waals surface area (Å²) in [7, 11) is 0. The largest absolute Gasteiger partial charge is 0.478 e. The van der Waals surface area contributed by atoms with Gasteiger partial charge in [-0.05, 0) is 18.9 Å². The Labute approximate surface area is 92.5 Å². The third kappa shape index (κ3) is 2.18. The molecule has 0 bridgehead atoms. The first-order valence-corrected chi connectivity index (χ1v) is 5.16. The molecule has 0 atom stereocenters. The van der Waals surface area contributed by atoms with Gasteiger partial charge in [0.15, 0.2) is 0 Å². The number of carboxylic acid groups (broad SMARTS) is 1. The van der Waals surface area contributed by atoms with Gasteiger partial charge in [0.1, 0.15) is 0 Å². The molecule has 16 heavy (non-hydrogen) atoms. The molecule has 5 heteroatoms. The highest BCUT2D eigenvalue weighted by Gasteiger charge is 2.25. The zero-order valence-corrected chi connectivity index (χ0v) is 8.64. The van der Waals surface area contributed by atoms with E-state index in [2.05, 4.69) is 10.3 Å². The number of anilines is 1. The van der Waals surface area contributed by atoms with Gasteiger partial charge in [-0.1, -0.05) is 6.42 Å². The highest BCUT2D eigenvalue weighted by atomic mass is 16.4. The van der Waals surface area contributed by atoms with E-state index in [9.17, 15) is 9.59 Å². The van der Waals surface area contributed by atoms with Gasteiger partial charge in [-0.25, -0.2) is 4.79 Å². The topological polar surface area (TPSA) is 79.3 Å². The van der Waals surface area contributed by atoms with Crippen LogP contribution in [0.1, 0.15) is 29.6 Å². The van der Waals surface area contributed by atoms with Gasteiger partial charge in [0.25, 0.3) is 0 Å². The van der Waals surface area contributed by atoms with Gasteiger partial charge >= 0.3 is 5.97 Å². The molecule has 1 aliphatic rings. The molecule has 1 fully saturated rings. The van der Waals surface area contributed by atoms with Gasteiger partial charge in [-0.3, -0.25) is 9.78 Å². The predicted octanol–water partition coefficient (Wildman–Crippen LogP) is 1.52. The summed E-state index contributed by atoms with van der Waals surface area (Å²) in [4.78, 5) is 26.0. The van der Waals surface area contributed by atoms with Crippen LogP contribution in [0.4, 0.5) is 5.69 Å². The van der Waals surface area contributed by atoms with Gasteiger partial charge in [0.2, 0.25) is 5.91 Å². The Balaban J connectivity index is 2.05. The van der Waals surface area contributed by atoms with Crippen LogP contribution in [0.15, 0.2) is 18.5 Å². The standard InChI is InChI=1S/C11H12N2O3/c14-10(7-2-1-3-7)13-9-4-8(11(15)16)5-12-6-9/h4-7H,1-3H2,(H,13,14)(H,15,16). The lowest BCUT2D eigenvalue weighted by Gasteiger charge is -2.23. The van der Waals surface area contributed by atoms with Crippen molar-refractivity contribution in [3.05, 3.63) is 24.0 Å². The van der Waals surface area contributed by atoms with Crippen molar-refractivity contribution in [2.24, 2.45) is 5.92 Å². The summed E-state index contributed by atoms with van der Waals surface area (Å²) >= 11 is 0. The van der Waals surface area contributed by atoms with E-state index in [4.69, 9.17) is 5.11 Å². The van der Waals surface area contributed by atoms with E-state index >= 15 is 0 Å². The first-order valence-electron chi connectivity index (χ1n) is 5.16. The van der Waals surface area contributed by atoms with Gasteiger partial charge in [-0.15, -0.1) is 0 Å². The molecule has 84 valence electrons. The van der Waals surface area contributed by atoms with Crippen molar-refractivity contribution in [2.45, 2.75) is 19.3 Å². The zero-order chi connectivity index (χ0) is 11.5. The summed E-state index contributed by atoms with van der Waals surface area (Å²) < 4.78 is 0. The van der Waals surface area contributed by atoms with Crippen LogP contribution in [0.2, 0.25) is 0 Å². The van der Waals surface area contributed by atoms with Crippen molar-refractivity contribution in [2.75, 3.05) is 5.32 Å². The fraction of sp³-hybridized carbons (Fsp3) is 0.364. The molecule has 2 rings (SSSR count). The number of carboxylic acids is 1. The van der Waals surface area contributed by atoms with E-state index in [0.717, 1.165) is 19.3 Å². The normalized spacial score (nSPS) is 15.2. The maximum atomic E-state index is 11.6. The smallest absolute Gasteiger partial charge is 0.337 e. The van der Waals surface area contributed by atoms with Gasteiger partial charge in [0.05, 0.1) is 17.4 Å². The van der Waals surface area contributed by atoms with E-state index < -0.39 is 5.97 Å². The molecule has 1 aromatic rings. The number of amides is 1. The highest BCUT2D eigenvalue weighted by molar-refractivity contribution is 5.94. The summed E-state index contributed by atoms with van der Waals surface area (Å²) in [5, 5.41) is 11.4. The minimum atomic E-state index is -1.05. The second-order valence-corrected chi connectivity index (χ2v) is 3.88. The number of carbonyl (C=O) groups is 2. The molecule has 0 unspecified atom stereocenters. The first-order chi connectivity index (χ1) is 7.66. The Morgan fingerprint density at radius 2 is 2.12 bits per heavy atom.